The molecule has 3 atom stereocenters. The van der Waals surface area contributed by atoms with Crippen LogP contribution in [0.25, 0.3) is 0 Å². The zero-order chi connectivity index (χ0) is 23.2. The first-order valence-electron chi connectivity index (χ1n) is 9.92. The van der Waals surface area contributed by atoms with Gasteiger partial charge in [-0.3, -0.25) is 14.6 Å². The molecule has 0 radical (unpaired) electrons. The van der Waals surface area contributed by atoms with Crippen molar-refractivity contribution in [3.63, 3.8) is 0 Å². The smallest absolute Gasteiger partial charge is 0.326 e. The number of benzene rings is 1. The van der Waals surface area contributed by atoms with Crippen LogP contribution in [-0.2, 0) is 20.8 Å². The lowest BCUT2D eigenvalue weighted by molar-refractivity contribution is -0.142. The fourth-order valence-corrected chi connectivity index (χ4v) is 3.24. The van der Waals surface area contributed by atoms with Crippen LogP contribution < -0.4 is 27.8 Å². The van der Waals surface area contributed by atoms with E-state index in [4.69, 9.17) is 17.2 Å². The topological polar surface area (TPSA) is 186 Å². The zero-order valence-corrected chi connectivity index (χ0v) is 18.4. The number of nitrogens with zero attached hydrogens (tertiary/aromatic N) is 1. The summed E-state index contributed by atoms with van der Waals surface area (Å²) in [4.78, 5) is 40.8. The van der Waals surface area contributed by atoms with E-state index in [1.54, 1.807) is 36.0 Å². The molecule has 1 rings (SSSR count). The maximum absolute atomic E-state index is 12.8. The number of hydrogen-bond acceptors (Lipinski definition) is 6. The second kappa shape index (κ2) is 14.3. The number of aliphatic carboxylic acids is 1. The predicted molar refractivity (Wildman–Crippen MR) is 123 cm³/mol. The number of guanidine groups is 1. The molecular formula is C20H32N6O4S. The molecule has 31 heavy (non-hydrogen) atoms. The summed E-state index contributed by atoms with van der Waals surface area (Å²) < 4.78 is 0. The van der Waals surface area contributed by atoms with Crippen LogP contribution >= 0.6 is 11.8 Å². The summed E-state index contributed by atoms with van der Waals surface area (Å²) in [7, 11) is 0. The Kier molecular flexibility index (Phi) is 12.1. The Bertz CT molecular complexity index is 742. The molecule has 2 amide bonds. The molecule has 1 aromatic rings. The molecule has 9 N–H and O–H groups in total. The average Bonchev–Trinajstić information content (AvgIpc) is 2.73. The molecule has 0 aliphatic carbocycles. The van der Waals surface area contributed by atoms with Gasteiger partial charge in [-0.15, -0.1) is 0 Å². The van der Waals surface area contributed by atoms with Crippen LogP contribution in [0.2, 0.25) is 0 Å². The van der Waals surface area contributed by atoms with Crippen molar-refractivity contribution in [2.24, 2.45) is 22.2 Å². The third-order valence-corrected chi connectivity index (χ3v) is 5.09. The van der Waals surface area contributed by atoms with Crippen LogP contribution in [0.3, 0.4) is 0 Å². The number of nitrogens with one attached hydrogen (secondary N) is 2. The van der Waals surface area contributed by atoms with Crippen LogP contribution in [0.4, 0.5) is 0 Å². The van der Waals surface area contributed by atoms with Gasteiger partial charge in [0.15, 0.2) is 5.96 Å². The minimum absolute atomic E-state index is 0.0714. The number of carboxylic acid groups (broad SMARTS) is 1. The number of carboxylic acids is 1. The highest BCUT2D eigenvalue weighted by molar-refractivity contribution is 7.98. The van der Waals surface area contributed by atoms with E-state index in [0.717, 1.165) is 5.56 Å². The number of rotatable bonds is 14. The molecule has 172 valence electrons. The van der Waals surface area contributed by atoms with Crippen molar-refractivity contribution >= 4 is 35.5 Å². The van der Waals surface area contributed by atoms with E-state index in [1.807, 2.05) is 12.3 Å². The quantitative estimate of drug-likeness (QED) is 0.123. The summed E-state index contributed by atoms with van der Waals surface area (Å²) in [5.41, 5.74) is 17.3. The van der Waals surface area contributed by atoms with Gasteiger partial charge < -0.3 is 32.9 Å². The van der Waals surface area contributed by atoms with Gasteiger partial charge in [0.25, 0.3) is 0 Å². The molecule has 0 bridgehead atoms. The van der Waals surface area contributed by atoms with Gasteiger partial charge in [-0.1, -0.05) is 30.3 Å². The molecule has 0 saturated heterocycles. The van der Waals surface area contributed by atoms with Crippen molar-refractivity contribution in [2.45, 2.75) is 43.8 Å². The Hall–Kier alpha value is -2.79. The number of aliphatic imine (C=N–C) groups is 1. The Morgan fingerprint density at radius 1 is 1.06 bits per heavy atom. The van der Waals surface area contributed by atoms with Gasteiger partial charge in [0.2, 0.25) is 11.8 Å². The SMILES string of the molecule is CSCC[C@H](N)C(=O)N[C@@H](CCCN=C(N)N)C(=O)N[C@H](Cc1ccccc1)C(=O)O. The highest BCUT2D eigenvalue weighted by atomic mass is 32.2. The first kappa shape index (κ1) is 26.2. The lowest BCUT2D eigenvalue weighted by atomic mass is 10.0. The van der Waals surface area contributed by atoms with Gasteiger partial charge >= 0.3 is 5.97 Å². The highest BCUT2D eigenvalue weighted by Crippen LogP contribution is 2.06. The van der Waals surface area contributed by atoms with E-state index in [1.165, 1.54) is 0 Å². The van der Waals surface area contributed by atoms with Gasteiger partial charge in [-0.05, 0) is 36.8 Å². The second-order valence-electron chi connectivity index (χ2n) is 6.99. The second-order valence-corrected chi connectivity index (χ2v) is 7.97. The Morgan fingerprint density at radius 3 is 2.29 bits per heavy atom. The molecule has 1 aromatic carbocycles. The molecule has 10 nitrogen and oxygen atoms in total. The average molecular weight is 453 g/mol. The summed E-state index contributed by atoms with van der Waals surface area (Å²) in [6, 6.07) is 6.09. The van der Waals surface area contributed by atoms with Crippen LogP contribution in [0.15, 0.2) is 35.3 Å². The molecule has 0 aliphatic heterocycles. The van der Waals surface area contributed by atoms with Crippen molar-refractivity contribution in [1.29, 1.82) is 0 Å². The fourth-order valence-electron chi connectivity index (χ4n) is 2.75. The maximum atomic E-state index is 12.8. The van der Waals surface area contributed by atoms with E-state index < -0.39 is 35.9 Å². The van der Waals surface area contributed by atoms with Crippen molar-refractivity contribution in [3.8, 4) is 0 Å². The van der Waals surface area contributed by atoms with Crippen LogP contribution in [0.1, 0.15) is 24.8 Å². The van der Waals surface area contributed by atoms with Gasteiger partial charge in [0, 0.05) is 13.0 Å². The van der Waals surface area contributed by atoms with E-state index in [0.29, 0.717) is 18.6 Å². The molecule has 0 heterocycles. The molecule has 11 heteroatoms. The van der Waals surface area contributed by atoms with Gasteiger partial charge in [-0.25, -0.2) is 4.79 Å². The van der Waals surface area contributed by atoms with Crippen LogP contribution in [0.5, 0.6) is 0 Å². The van der Waals surface area contributed by atoms with Crippen molar-refractivity contribution in [1.82, 2.24) is 10.6 Å². The van der Waals surface area contributed by atoms with Gasteiger partial charge in [0.05, 0.1) is 6.04 Å². The third kappa shape index (κ3) is 10.7. The highest BCUT2D eigenvalue weighted by Gasteiger charge is 2.27. The van der Waals surface area contributed by atoms with E-state index in [-0.39, 0.29) is 25.3 Å². The number of hydrogen-bond donors (Lipinski definition) is 6. The zero-order valence-electron chi connectivity index (χ0n) is 17.6. The van der Waals surface area contributed by atoms with Crippen molar-refractivity contribution in [2.75, 3.05) is 18.6 Å². The maximum Gasteiger partial charge on any atom is 0.326 e. The Labute approximate surface area is 186 Å². The van der Waals surface area contributed by atoms with E-state index in [9.17, 15) is 19.5 Å². The summed E-state index contributed by atoms with van der Waals surface area (Å²) >= 11 is 1.56. The van der Waals surface area contributed by atoms with E-state index in [2.05, 4.69) is 15.6 Å². The van der Waals surface area contributed by atoms with Gasteiger partial charge in [0.1, 0.15) is 12.1 Å². The van der Waals surface area contributed by atoms with Crippen LogP contribution in [-0.4, -0.2) is 65.5 Å². The number of carbonyl (C=O) groups excluding carboxylic acids is 2. The molecule has 0 unspecified atom stereocenters. The fraction of sp³-hybridized carbons (Fsp3) is 0.500. The van der Waals surface area contributed by atoms with Crippen molar-refractivity contribution in [3.05, 3.63) is 35.9 Å². The lowest BCUT2D eigenvalue weighted by Crippen LogP contribution is -2.55. The first-order chi connectivity index (χ1) is 14.7. The normalized spacial score (nSPS) is 13.5. The Morgan fingerprint density at radius 2 is 1.71 bits per heavy atom. The minimum Gasteiger partial charge on any atom is -0.480 e. The predicted octanol–water partition coefficient (Wildman–Crippen LogP) is -0.583. The number of amides is 2. The summed E-state index contributed by atoms with van der Waals surface area (Å²) in [6.45, 7) is 0.271. The largest absolute Gasteiger partial charge is 0.480 e. The number of thioether (sulfide) groups is 1. The van der Waals surface area contributed by atoms with Crippen LogP contribution in [0, 0.1) is 0 Å². The summed E-state index contributed by atoms with van der Waals surface area (Å²) in [5.74, 6) is -1.60. The summed E-state index contributed by atoms with van der Waals surface area (Å²) in [6.07, 6.45) is 3.11. The molecule has 0 aliphatic rings. The molecule has 0 saturated carbocycles. The monoisotopic (exact) mass is 452 g/mol. The van der Waals surface area contributed by atoms with E-state index >= 15 is 0 Å². The van der Waals surface area contributed by atoms with Gasteiger partial charge in [-0.2, -0.15) is 11.8 Å². The summed E-state index contributed by atoms with van der Waals surface area (Å²) in [5, 5.41) is 14.7. The number of nitrogens with two attached hydrogens (primary N) is 3. The molecule has 0 fully saturated rings. The third-order valence-electron chi connectivity index (χ3n) is 4.45. The first-order valence-corrected chi connectivity index (χ1v) is 11.3. The molecule has 0 spiro atoms. The Balaban J connectivity index is 2.84. The molecule has 0 aromatic heterocycles. The lowest BCUT2D eigenvalue weighted by Gasteiger charge is -2.23. The molecular weight excluding hydrogens is 420 g/mol. The minimum atomic E-state index is -1.17. The van der Waals surface area contributed by atoms with Crippen molar-refractivity contribution < 1.29 is 19.5 Å². The standard InChI is InChI=1S/C20H32N6O4S/c1-31-11-9-14(21)17(27)25-15(8-5-10-24-20(22)23)18(28)26-16(19(29)30)12-13-6-3-2-4-7-13/h2-4,6-7,14-16H,5,8-12,21H2,1H3,(H,25,27)(H,26,28)(H,29,30)(H4,22,23,24)/t14-,15-,16+/m0/s1. The number of carbonyl (C=O) groups is 3.